The van der Waals surface area contributed by atoms with Crippen molar-refractivity contribution < 1.29 is 13.7 Å². The van der Waals surface area contributed by atoms with E-state index in [1.54, 1.807) is 0 Å². The molecule has 0 fully saturated rings. The Morgan fingerprint density at radius 2 is 2.17 bits per heavy atom. The van der Waals surface area contributed by atoms with Crippen LogP contribution < -0.4 is 0 Å². The summed E-state index contributed by atoms with van der Waals surface area (Å²) in [6.45, 7) is 0. The van der Waals surface area contributed by atoms with E-state index in [0.29, 0.717) is 0 Å². The number of nitrogens with zero attached hydrogens (tertiary/aromatic N) is 1. The first kappa shape index (κ1) is 8.83. The summed E-state index contributed by atoms with van der Waals surface area (Å²) in [6, 6.07) is 0. The fourth-order valence-electron chi connectivity index (χ4n) is 1.00. The van der Waals surface area contributed by atoms with Crippen molar-refractivity contribution in [2.45, 2.75) is 18.4 Å². The largest absolute Gasteiger partial charge is 0.311 e. The lowest BCUT2D eigenvalue weighted by Gasteiger charge is -2.20. The lowest BCUT2D eigenvalue weighted by atomic mass is 9.93. The molecule has 1 aliphatic carbocycles. The van der Waals surface area contributed by atoms with Gasteiger partial charge in [-0.25, -0.2) is 8.78 Å². The summed E-state index contributed by atoms with van der Waals surface area (Å²) < 4.78 is 24.6. The molecule has 3 nitrogen and oxygen atoms in total. The molecule has 0 saturated heterocycles. The van der Waals surface area contributed by atoms with Crippen molar-refractivity contribution in [3.05, 3.63) is 34.4 Å². The maximum atomic E-state index is 12.3. The summed E-state index contributed by atoms with van der Waals surface area (Å²) in [5.41, 5.74) is -2.20. The molecule has 0 bridgehead atoms. The number of allylic oxidation sites excluding steroid dienone is 2. The van der Waals surface area contributed by atoms with Crippen LogP contribution in [0.2, 0.25) is 0 Å². The average molecular weight is 175 g/mol. The quantitative estimate of drug-likeness (QED) is 0.474. The highest BCUT2D eigenvalue weighted by Gasteiger charge is 2.49. The van der Waals surface area contributed by atoms with Gasteiger partial charge < -0.3 is 0 Å². The van der Waals surface area contributed by atoms with Gasteiger partial charge in [0.15, 0.2) is 0 Å². The second-order valence-electron chi connectivity index (χ2n) is 2.54. The lowest BCUT2D eigenvalue weighted by Crippen LogP contribution is -2.43. The van der Waals surface area contributed by atoms with E-state index in [1.165, 1.54) is 18.2 Å². The Morgan fingerprint density at radius 1 is 1.50 bits per heavy atom. The van der Waals surface area contributed by atoms with Gasteiger partial charge in [0.1, 0.15) is 0 Å². The summed E-state index contributed by atoms with van der Waals surface area (Å²) in [4.78, 5) is 9.43. The Kier molecular flexibility index (Phi) is 2.21. The molecule has 12 heavy (non-hydrogen) atoms. The van der Waals surface area contributed by atoms with Crippen LogP contribution in [0.1, 0.15) is 6.42 Å². The Morgan fingerprint density at radius 3 is 2.42 bits per heavy atom. The molecular weight excluding hydrogens is 168 g/mol. The van der Waals surface area contributed by atoms with E-state index in [4.69, 9.17) is 0 Å². The molecule has 0 N–H and O–H groups in total. The first-order chi connectivity index (χ1) is 5.59. The summed E-state index contributed by atoms with van der Waals surface area (Å²) in [5.74, 6) is 0. The molecule has 0 aromatic rings. The summed E-state index contributed by atoms with van der Waals surface area (Å²) in [6.07, 6.45) is 1.90. The minimum Gasteiger partial charge on any atom is -0.263 e. The van der Waals surface area contributed by atoms with Gasteiger partial charge in [-0.15, -0.1) is 0 Å². The average Bonchev–Trinajstić information content (AvgIpc) is 2.05. The van der Waals surface area contributed by atoms with Gasteiger partial charge in [-0.2, -0.15) is 0 Å². The van der Waals surface area contributed by atoms with Crippen LogP contribution >= 0.6 is 0 Å². The number of hydrogen-bond donors (Lipinski definition) is 0. The zero-order chi connectivity index (χ0) is 9.19. The second kappa shape index (κ2) is 3.00. The van der Waals surface area contributed by atoms with E-state index in [2.05, 4.69) is 0 Å². The number of hydrogen-bond acceptors (Lipinski definition) is 2. The van der Waals surface area contributed by atoms with Crippen LogP contribution in [0.4, 0.5) is 8.78 Å². The Hall–Kier alpha value is -1.26. The van der Waals surface area contributed by atoms with E-state index < -0.39 is 16.9 Å². The summed E-state index contributed by atoms with van der Waals surface area (Å²) in [7, 11) is 0. The van der Waals surface area contributed by atoms with Gasteiger partial charge in [0.05, 0.1) is 0 Å². The van der Waals surface area contributed by atoms with Gasteiger partial charge in [0.25, 0.3) is 0 Å². The van der Waals surface area contributed by atoms with Crippen LogP contribution in [-0.4, -0.2) is 16.9 Å². The standard InChI is InChI=1S/C7H7F2NO2/c8-6(9)7(10(11)12)4-2-1-3-5-7/h1-4,6H,5H2. The van der Waals surface area contributed by atoms with Crippen molar-refractivity contribution in [3.8, 4) is 0 Å². The smallest absolute Gasteiger partial charge is 0.263 e. The normalized spacial score (nSPS) is 27.9. The molecule has 1 atom stereocenters. The third kappa shape index (κ3) is 1.22. The summed E-state index contributed by atoms with van der Waals surface area (Å²) in [5, 5.41) is 10.4. The first-order valence-corrected chi connectivity index (χ1v) is 3.36. The zero-order valence-corrected chi connectivity index (χ0v) is 6.11. The molecule has 1 aliphatic rings. The van der Waals surface area contributed by atoms with Gasteiger partial charge in [0, 0.05) is 11.3 Å². The molecule has 0 amide bonds. The predicted octanol–water partition coefficient (Wildman–Crippen LogP) is 1.78. The zero-order valence-electron chi connectivity index (χ0n) is 6.11. The minimum atomic E-state index is -2.96. The highest BCUT2D eigenvalue weighted by molar-refractivity contribution is 5.19. The SMILES string of the molecule is O=[N+]([O-])C1(C(F)F)C=CC=CC1. The summed E-state index contributed by atoms with van der Waals surface area (Å²) >= 11 is 0. The topological polar surface area (TPSA) is 43.1 Å². The lowest BCUT2D eigenvalue weighted by molar-refractivity contribution is -0.570. The third-order valence-corrected chi connectivity index (χ3v) is 1.79. The van der Waals surface area contributed by atoms with Crippen molar-refractivity contribution in [1.29, 1.82) is 0 Å². The molecule has 5 heteroatoms. The molecule has 0 aliphatic heterocycles. The number of halogens is 2. The minimum absolute atomic E-state index is 0.242. The molecule has 1 rings (SSSR count). The number of nitro groups is 1. The number of alkyl halides is 2. The fraction of sp³-hybridized carbons (Fsp3) is 0.429. The van der Waals surface area contributed by atoms with Crippen molar-refractivity contribution in [3.63, 3.8) is 0 Å². The van der Waals surface area contributed by atoms with Crippen LogP contribution in [0.15, 0.2) is 24.3 Å². The Bertz CT molecular complexity index is 250. The van der Waals surface area contributed by atoms with E-state index in [1.807, 2.05) is 0 Å². The molecule has 0 saturated carbocycles. The third-order valence-electron chi connectivity index (χ3n) is 1.79. The Balaban J connectivity index is 2.96. The van der Waals surface area contributed by atoms with Crippen molar-refractivity contribution in [1.82, 2.24) is 0 Å². The maximum absolute atomic E-state index is 12.3. The molecule has 0 spiro atoms. The van der Waals surface area contributed by atoms with Gasteiger partial charge >= 0.3 is 12.0 Å². The van der Waals surface area contributed by atoms with Crippen molar-refractivity contribution in [2.24, 2.45) is 0 Å². The molecule has 66 valence electrons. The van der Waals surface area contributed by atoms with Crippen LogP contribution in [0, 0.1) is 10.1 Å². The highest BCUT2D eigenvalue weighted by Crippen LogP contribution is 2.28. The molecule has 0 heterocycles. The molecular formula is C7H7F2NO2. The highest BCUT2D eigenvalue weighted by atomic mass is 19.3. The monoisotopic (exact) mass is 175 g/mol. The van der Waals surface area contributed by atoms with Gasteiger partial charge in [-0.05, 0) is 6.08 Å². The fourth-order valence-corrected chi connectivity index (χ4v) is 1.00. The van der Waals surface area contributed by atoms with Crippen LogP contribution in [0.25, 0.3) is 0 Å². The molecule has 0 radical (unpaired) electrons. The van der Waals surface area contributed by atoms with Crippen molar-refractivity contribution in [2.75, 3.05) is 0 Å². The van der Waals surface area contributed by atoms with Crippen LogP contribution in [-0.2, 0) is 0 Å². The second-order valence-corrected chi connectivity index (χ2v) is 2.54. The van der Waals surface area contributed by atoms with E-state index in [-0.39, 0.29) is 6.42 Å². The molecule has 0 aromatic heterocycles. The predicted molar refractivity (Wildman–Crippen MR) is 38.6 cm³/mol. The Labute approximate surface area is 67.5 Å². The van der Waals surface area contributed by atoms with Gasteiger partial charge in [0.2, 0.25) is 0 Å². The molecule has 1 unspecified atom stereocenters. The van der Waals surface area contributed by atoms with E-state index in [9.17, 15) is 18.9 Å². The first-order valence-electron chi connectivity index (χ1n) is 3.36. The molecule has 0 aromatic carbocycles. The maximum Gasteiger partial charge on any atom is 0.311 e. The van der Waals surface area contributed by atoms with Gasteiger partial charge in [-0.1, -0.05) is 18.2 Å². The van der Waals surface area contributed by atoms with E-state index in [0.717, 1.165) is 6.08 Å². The van der Waals surface area contributed by atoms with Crippen LogP contribution in [0.3, 0.4) is 0 Å². The van der Waals surface area contributed by atoms with Crippen molar-refractivity contribution >= 4 is 0 Å². The van der Waals surface area contributed by atoms with Crippen LogP contribution in [0.5, 0.6) is 0 Å². The van der Waals surface area contributed by atoms with E-state index >= 15 is 0 Å². The van der Waals surface area contributed by atoms with Gasteiger partial charge in [-0.3, -0.25) is 10.1 Å². The number of rotatable bonds is 2.